The Kier molecular flexibility index (Phi) is 5.34. The van der Waals surface area contributed by atoms with Crippen molar-refractivity contribution < 1.29 is 0 Å². The largest absolute Gasteiger partial charge is 0.368 e. The summed E-state index contributed by atoms with van der Waals surface area (Å²) >= 11 is 12.3. The number of anilines is 1. The molecule has 0 amide bonds. The molecule has 3 N–H and O–H groups in total. The van der Waals surface area contributed by atoms with E-state index >= 15 is 0 Å². The highest BCUT2D eigenvalue weighted by Gasteiger charge is 2.25. The molecular weight excluding hydrogens is 387 g/mol. The van der Waals surface area contributed by atoms with Gasteiger partial charge in [0.15, 0.2) is 0 Å². The number of nitrogens with zero attached hydrogens (tertiary/aromatic N) is 4. The van der Waals surface area contributed by atoms with Crippen LogP contribution in [0.5, 0.6) is 0 Å². The third-order valence-electron chi connectivity index (χ3n) is 5.46. The predicted molar refractivity (Wildman–Crippen MR) is 105 cm³/mol. The van der Waals surface area contributed by atoms with Crippen molar-refractivity contribution in [3.8, 4) is 0 Å². The third kappa shape index (κ3) is 3.95. The molecule has 27 heavy (non-hydrogen) atoms. The van der Waals surface area contributed by atoms with Crippen molar-refractivity contribution in [1.82, 2.24) is 24.8 Å². The molecule has 1 fully saturated rings. The van der Waals surface area contributed by atoms with Crippen LogP contribution in [0.3, 0.4) is 0 Å². The molecule has 7 nitrogen and oxygen atoms in total. The van der Waals surface area contributed by atoms with E-state index in [1.54, 1.807) is 0 Å². The monoisotopic (exact) mass is 408 g/mol. The fraction of sp³-hybridized carbons (Fsp3) is 0.556. The van der Waals surface area contributed by atoms with Crippen molar-refractivity contribution in [3.63, 3.8) is 0 Å². The van der Waals surface area contributed by atoms with E-state index in [0.717, 1.165) is 42.9 Å². The Hall–Kier alpha value is -1.70. The van der Waals surface area contributed by atoms with Crippen LogP contribution in [0.1, 0.15) is 60.7 Å². The van der Waals surface area contributed by atoms with Crippen molar-refractivity contribution >= 4 is 29.2 Å². The van der Waals surface area contributed by atoms with E-state index in [9.17, 15) is 4.79 Å². The molecule has 0 unspecified atom stereocenters. The maximum atomic E-state index is 12.7. The van der Waals surface area contributed by atoms with Crippen LogP contribution in [-0.4, -0.2) is 31.4 Å². The van der Waals surface area contributed by atoms with E-state index < -0.39 is 0 Å². The number of H-pyrrole nitrogens is 1. The zero-order chi connectivity index (χ0) is 19.0. The van der Waals surface area contributed by atoms with Gasteiger partial charge in [-0.15, -0.1) is 0 Å². The molecule has 4 rings (SSSR count). The van der Waals surface area contributed by atoms with Gasteiger partial charge in [0.2, 0.25) is 5.95 Å². The van der Waals surface area contributed by atoms with Crippen molar-refractivity contribution in [2.24, 2.45) is 0 Å². The summed E-state index contributed by atoms with van der Waals surface area (Å²) in [4.78, 5) is 30.6. The smallest absolute Gasteiger partial charge is 0.255 e. The van der Waals surface area contributed by atoms with Crippen molar-refractivity contribution in [3.05, 3.63) is 43.3 Å². The lowest BCUT2D eigenvalue weighted by Gasteiger charge is -2.29. The number of aromatic amines is 1. The minimum absolute atomic E-state index is 0.0315. The lowest BCUT2D eigenvalue weighted by molar-refractivity contribution is 0.240. The quantitative estimate of drug-likeness (QED) is 0.756. The first-order valence-corrected chi connectivity index (χ1v) is 10.1. The first-order chi connectivity index (χ1) is 13.0. The second kappa shape index (κ2) is 7.73. The van der Waals surface area contributed by atoms with Crippen LogP contribution < -0.4 is 11.3 Å². The summed E-state index contributed by atoms with van der Waals surface area (Å²) in [5, 5.41) is 0.496. The first-order valence-electron chi connectivity index (χ1n) is 9.33. The van der Waals surface area contributed by atoms with Gasteiger partial charge in [-0.25, -0.2) is 15.0 Å². The molecule has 1 saturated carbocycles. The standard InChI is InChI=1S/C18H22Cl2N6O/c19-14-12(15(20)24-18(21)23-14)9-26-7-6-13-11(8-26)17(27)25-16(22-13)10-4-2-1-3-5-10/h10H,1-9H2,(H2,21,23,24)(H,22,25,27). The third-order valence-corrected chi connectivity index (χ3v) is 6.09. The van der Waals surface area contributed by atoms with Crippen molar-refractivity contribution in [2.45, 2.75) is 57.5 Å². The fourth-order valence-corrected chi connectivity index (χ4v) is 4.52. The molecule has 0 bridgehead atoms. The Labute approximate surface area is 167 Å². The highest BCUT2D eigenvalue weighted by Crippen LogP contribution is 2.31. The van der Waals surface area contributed by atoms with E-state index in [-0.39, 0.29) is 21.8 Å². The lowest BCUT2D eigenvalue weighted by atomic mass is 9.88. The van der Waals surface area contributed by atoms with Gasteiger partial charge < -0.3 is 10.7 Å². The van der Waals surface area contributed by atoms with Crippen LogP contribution in [0, 0.1) is 0 Å². The van der Waals surface area contributed by atoms with Crippen molar-refractivity contribution in [2.75, 3.05) is 12.3 Å². The number of halogens is 2. The summed E-state index contributed by atoms with van der Waals surface area (Å²) in [5.74, 6) is 1.30. The van der Waals surface area contributed by atoms with Gasteiger partial charge in [-0.05, 0) is 12.8 Å². The molecular formula is C18H22Cl2N6O. The molecule has 0 radical (unpaired) electrons. The Balaban J connectivity index is 1.54. The number of nitrogens with two attached hydrogens (primary N) is 1. The maximum Gasteiger partial charge on any atom is 0.255 e. The molecule has 0 spiro atoms. The van der Waals surface area contributed by atoms with Crippen LogP contribution in [0.15, 0.2) is 4.79 Å². The highest BCUT2D eigenvalue weighted by atomic mass is 35.5. The maximum absolute atomic E-state index is 12.7. The van der Waals surface area contributed by atoms with Gasteiger partial charge in [-0.2, -0.15) is 0 Å². The van der Waals surface area contributed by atoms with Crippen LogP contribution in [0.25, 0.3) is 0 Å². The molecule has 1 aliphatic heterocycles. The zero-order valence-corrected chi connectivity index (χ0v) is 16.5. The normalized spacial score (nSPS) is 18.4. The lowest BCUT2D eigenvalue weighted by Crippen LogP contribution is -2.36. The number of nitrogens with one attached hydrogen (secondary N) is 1. The molecule has 3 heterocycles. The summed E-state index contributed by atoms with van der Waals surface area (Å²) in [5.41, 5.74) is 7.80. The van der Waals surface area contributed by atoms with E-state index in [0.29, 0.717) is 24.6 Å². The number of aromatic nitrogens is 4. The summed E-state index contributed by atoms with van der Waals surface area (Å²) in [6, 6.07) is 0. The molecule has 9 heteroatoms. The highest BCUT2D eigenvalue weighted by molar-refractivity contribution is 6.34. The number of nitrogen functional groups attached to an aromatic ring is 1. The van der Waals surface area contributed by atoms with Gasteiger partial charge in [0.25, 0.3) is 5.56 Å². The zero-order valence-electron chi connectivity index (χ0n) is 15.0. The molecule has 0 atom stereocenters. The molecule has 0 saturated heterocycles. The van der Waals surface area contributed by atoms with Gasteiger partial charge >= 0.3 is 0 Å². The fourth-order valence-electron chi connectivity index (χ4n) is 4.00. The molecule has 2 aliphatic rings. The second-order valence-electron chi connectivity index (χ2n) is 7.31. The Morgan fingerprint density at radius 2 is 1.81 bits per heavy atom. The van der Waals surface area contributed by atoms with Crippen LogP contribution >= 0.6 is 23.2 Å². The summed E-state index contributed by atoms with van der Waals surface area (Å²) in [6.07, 6.45) is 6.66. The number of hydrogen-bond acceptors (Lipinski definition) is 6. The molecule has 2 aromatic heterocycles. The van der Waals surface area contributed by atoms with Crippen LogP contribution in [-0.2, 0) is 19.5 Å². The van der Waals surface area contributed by atoms with Crippen LogP contribution in [0.4, 0.5) is 5.95 Å². The predicted octanol–water partition coefficient (Wildman–Crippen LogP) is 3.05. The van der Waals surface area contributed by atoms with E-state index in [4.69, 9.17) is 33.9 Å². The Bertz CT molecular complexity index is 886. The van der Waals surface area contributed by atoms with E-state index in [1.807, 2.05) is 0 Å². The molecule has 1 aliphatic carbocycles. The van der Waals surface area contributed by atoms with Gasteiger partial charge in [-0.3, -0.25) is 9.69 Å². The topological polar surface area (TPSA) is 101 Å². The number of rotatable bonds is 3. The summed E-state index contributed by atoms with van der Waals surface area (Å²) in [7, 11) is 0. The number of hydrogen-bond donors (Lipinski definition) is 2. The van der Waals surface area contributed by atoms with E-state index in [1.165, 1.54) is 19.3 Å². The van der Waals surface area contributed by atoms with Gasteiger partial charge in [0.05, 0.1) is 11.3 Å². The Morgan fingerprint density at radius 3 is 2.52 bits per heavy atom. The second-order valence-corrected chi connectivity index (χ2v) is 8.03. The average molecular weight is 409 g/mol. The SMILES string of the molecule is Nc1nc(Cl)c(CN2CCc3nc(C4CCCCC4)[nH]c(=O)c3C2)c(Cl)n1. The summed E-state index contributed by atoms with van der Waals surface area (Å²) in [6.45, 7) is 1.73. The summed E-state index contributed by atoms with van der Waals surface area (Å²) < 4.78 is 0. The molecule has 144 valence electrons. The minimum atomic E-state index is -0.0315. The van der Waals surface area contributed by atoms with E-state index in [2.05, 4.69) is 19.9 Å². The van der Waals surface area contributed by atoms with Crippen LogP contribution in [0.2, 0.25) is 10.3 Å². The number of fused-ring (bicyclic) bond motifs is 1. The Morgan fingerprint density at radius 1 is 1.11 bits per heavy atom. The molecule has 0 aromatic carbocycles. The van der Waals surface area contributed by atoms with Crippen molar-refractivity contribution in [1.29, 1.82) is 0 Å². The van der Waals surface area contributed by atoms with Gasteiger partial charge in [-0.1, -0.05) is 42.5 Å². The molecule has 2 aromatic rings. The average Bonchev–Trinajstić information content (AvgIpc) is 2.65. The first kappa shape index (κ1) is 18.7. The van der Waals surface area contributed by atoms with Gasteiger partial charge in [0, 0.05) is 37.5 Å². The van der Waals surface area contributed by atoms with Gasteiger partial charge in [0.1, 0.15) is 16.1 Å². The minimum Gasteiger partial charge on any atom is -0.368 e.